The van der Waals surface area contributed by atoms with Gasteiger partial charge in [0.15, 0.2) is 5.76 Å². The first kappa shape index (κ1) is 7.61. The predicted molar refractivity (Wildman–Crippen MR) is 43.5 cm³/mol. The van der Waals surface area contributed by atoms with E-state index in [0.717, 1.165) is 25.2 Å². The van der Waals surface area contributed by atoms with Crippen molar-refractivity contribution in [2.24, 2.45) is 0 Å². The molecule has 2 N–H and O–H groups in total. The summed E-state index contributed by atoms with van der Waals surface area (Å²) in [4.78, 5) is 3.82. The molecule has 4 nitrogen and oxygen atoms in total. The lowest BCUT2D eigenvalue weighted by Gasteiger charge is -2.19. The molecule has 1 aliphatic heterocycles. The molecule has 1 aliphatic rings. The van der Waals surface area contributed by atoms with Gasteiger partial charge >= 0.3 is 0 Å². The molecule has 0 spiro atoms. The van der Waals surface area contributed by atoms with Crippen molar-refractivity contribution in [2.75, 3.05) is 12.3 Å². The first-order chi connectivity index (χ1) is 5.86. The molecule has 0 radical (unpaired) electrons. The van der Waals surface area contributed by atoms with Gasteiger partial charge in [-0.3, -0.25) is 0 Å². The van der Waals surface area contributed by atoms with E-state index in [1.54, 1.807) is 6.20 Å². The zero-order chi connectivity index (χ0) is 8.39. The lowest BCUT2D eigenvalue weighted by atomic mass is 10.1. The van der Waals surface area contributed by atoms with Crippen molar-refractivity contribution in [3.63, 3.8) is 0 Å². The number of aromatic nitrogens is 1. The summed E-state index contributed by atoms with van der Waals surface area (Å²) in [6.07, 6.45) is 5.05. The van der Waals surface area contributed by atoms with Crippen LogP contribution in [0.3, 0.4) is 0 Å². The summed E-state index contributed by atoms with van der Waals surface area (Å²) in [6, 6.07) is 0.221. The fourth-order valence-electron chi connectivity index (χ4n) is 1.41. The average molecular weight is 168 g/mol. The van der Waals surface area contributed by atoms with Gasteiger partial charge in [0.1, 0.15) is 6.10 Å². The van der Waals surface area contributed by atoms with Crippen molar-refractivity contribution in [1.29, 1.82) is 0 Å². The molecule has 2 heterocycles. The number of oxazole rings is 1. The summed E-state index contributed by atoms with van der Waals surface area (Å²) in [5, 5.41) is 0. The third kappa shape index (κ3) is 1.43. The van der Waals surface area contributed by atoms with Gasteiger partial charge in [-0.25, -0.2) is 4.98 Å². The minimum absolute atomic E-state index is 0.0727. The van der Waals surface area contributed by atoms with Gasteiger partial charge in [-0.2, -0.15) is 0 Å². The van der Waals surface area contributed by atoms with Crippen molar-refractivity contribution in [3.05, 3.63) is 12.0 Å². The first-order valence-corrected chi connectivity index (χ1v) is 4.19. The summed E-state index contributed by atoms with van der Waals surface area (Å²) in [5.41, 5.74) is 5.35. The highest BCUT2D eigenvalue weighted by Gasteiger charge is 2.19. The molecule has 0 aromatic carbocycles. The van der Waals surface area contributed by atoms with Gasteiger partial charge in [-0.15, -0.1) is 0 Å². The van der Waals surface area contributed by atoms with E-state index < -0.39 is 0 Å². The molecule has 2 rings (SSSR count). The summed E-state index contributed by atoms with van der Waals surface area (Å²) in [6.45, 7) is 0.811. The van der Waals surface area contributed by atoms with Crippen LogP contribution in [0.1, 0.15) is 31.1 Å². The maximum atomic E-state index is 5.49. The number of hydrogen-bond donors (Lipinski definition) is 1. The molecule has 1 aromatic rings. The molecule has 0 aliphatic carbocycles. The largest absolute Gasteiger partial charge is 0.426 e. The minimum Gasteiger partial charge on any atom is -0.426 e. The van der Waals surface area contributed by atoms with E-state index in [0.29, 0.717) is 0 Å². The Balaban J connectivity index is 2.08. The summed E-state index contributed by atoms with van der Waals surface area (Å²) >= 11 is 0. The molecule has 1 aromatic heterocycles. The van der Waals surface area contributed by atoms with E-state index >= 15 is 0 Å². The van der Waals surface area contributed by atoms with Crippen LogP contribution in [0.5, 0.6) is 0 Å². The van der Waals surface area contributed by atoms with Crippen LogP contribution in [0.2, 0.25) is 0 Å². The molecule has 1 unspecified atom stereocenters. The normalized spacial score (nSPS) is 24.2. The molecule has 1 saturated heterocycles. The maximum absolute atomic E-state index is 5.49. The van der Waals surface area contributed by atoms with E-state index in [1.165, 1.54) is 6.42 Å². The van der Waals surface area contributed by atoms with Crippen molar-refractivity contribution in [1.82, 2.24) is 4.98 Å². The Morgan fingerprint density at radius 3 is 3.00 bits per heavy atom. The highest BCUT2D eigenvalue weighted by molar-refractivity contribution is 5.12. The quantitative estimate of drug-likeness (QED) is 0.690. The Kier molecular flexibility index (Phi) is 1.99. The second-order valence-electron chi connectivity index (χ2n) is 2.96. The Morgan fingerprint density at radius 1 is 1.50 bits per heavy atom. The van der Waals surface area contributed by atoms with Crippen LogP contribution >= 0.6 is 0 Å². The van der Waals surface area contributed by atoms with Gasteiger partial charge < -0.3 is 14.9 Å². The number of anilines is 1. The lowest BCUT2D eigenvalue weighted by molar-refractivity contribution is 0.00232. The fourth-order valence-corrected chi connectivity index (χ4v) is 1.41. The van der Waals surface area contributed by atoms with Gasteiger partial charge in [0, 0.05) is 6.61 Å². The number of hydrogen-bond acceptors (Lipinski definition) is 4. The van der Waals surface area contributed by atoms with Crippen LogP contribution in [0.4, 0.5) is 6.01 Å². The maximum Gasteiger partial charge on any atom is 0.292 e. The molecule has 4 heteroatoms. The topological polar surface area (TPSA) is 61.3 Å². The van der Waals surface area contributed by atoms with E-state index in [4.69, 9.17) is 14.9 Å². The van der Waals surface area contributed by atoms with Crippen molar-refractivity contribution in [3.8, 4) is 0 Å². The van der Waals surface area contributed by atoms with E-state index in [2.05, 4.69) is 4.98 Å². The smallest absolute Gasteiger partial charge is 0.292 e. The van der Waals surface area contributed by atoms with E-state index in [-0.39, 0.29) is 12.1 Å². The molecule has 66 valence electrons. The molecule has 1 fully saturated rings. The van der Waals surface area contributed by atoms with Gasteiger partial charge in [0.2, 0.25) is 0 Å². The van der Waals surface area contributed by atoms with Gasteiger partial charge in [-0.05, 0) is 19.3 Å². The Hall–Kier alpha value is -1.03. The molecule has 0 saturated carbocycles. The molecule has 1 atom stereocenters. The van der Waals surface area contributed by atoms with Crippen LogP contribution in [-0.2, 0) is 4.74 Å². The predicted octanol–water partition coefficient (Wildman–Crippen LogP) is 1.50. The number of nitrogens with two attached hydrogens (primary N) is 1. The number of ether oxygens (including phenoxy) is 1. The highest BCUT2D eigenvalue weighted by Crippen LogP contribution is 2.28. The average Bonchev–Trinajstić information content (AvgIpc) is 2.54. The Labute approximate surface area is 70.7 Å². The van der Waals surface area contributed by atoms with Crippen LogP contribution in [0.25, 0.3) is 0 Å². The van der Waals surface area contributed by atoms with Crippen LogP contribution in [0, 0.1) is 0 Å². The number of rotatable bonds is 1. The second-order valence-corrected chi connectivity index (χ2v) is 2.96. The fraction of sp³-hybridized carbons (Fsp3) is 0.625. The van der Waals surface area contributed by atoms with Crippen molar-refractivity contribution in [2.45, 2.75) is 25.4 Å². The monoisotopic (exact) mass is 168 g/mol. The zero-order valence-electron chi connectivity index (χ0n) is 6.82. The first-order valence-electron chi connectivity index (χ1n) is 4.19. The standard InChI is InChI=1S/C8H12N2O2/c9-8-10-5-7(12-8)6-3-1-2-4-11-6/h5-6H,1-4H2,(H2,9,10). The van der Waals surface area contributed by atoms with Crippen LogP contribution in [-0.4, -0.2) is 11.6 Å². The van der Waals surface area contributed by atoms with Crippen LogP contribution < -0.4 is 5.73 Å². The Morgan fingerprint density at radius 2 is 2.42 bits per heavy atom. The van der Waals surface area contributed by atoms with Crippen molar-refractivity contribution < 1.29 is 9.15 Å². The minimum atomic E-state index is 0.0727. The Bertz CT molecular complexity index is 253. The number of nitrogen functional groups attached to an aromatic ring is 1. The third-order valence-electron chi connectivity index (χ3n) is 2.04. The van der Waals surface area contributed by atoms with Gasteiger partial charge in [0.25, 0.3) is 6.01 Å². The van der Waals surface area contributed by atoms with Crippen LogP contribution in [0.15, 0.2) is 10.6 Å². The second kappa shape index (κ2) is 3.15. The summed E-state index contributed by atoms with van der Waals surface area (Å²) in [7, 11) is 0. The lowest BCUT2D eigenvalue weighted by Crippen LogP contribution is -2.10. The molecular formula is C8H12N2O2. The van der Waals surface area contributed by atoms with E-state index in [1.807, 2.05) is 0 Å². The number of nitrogens with zero attached hydrogens (tertiary/aromatic N) is 1. The SMILES string of the molecule is Nc1ncc(C2CCCCO2)o1. The highest BCUT2D eigenvalue weighted by atomic mass is 16.5. The molecule has 0 bridgehead atoms. The molecular weight excluding hydrogens is 156 g/mol. The van der Waals surface area contributed by atoms with Crippen molar-refractivity contribution >= 4 is 6.01 Å². The van der Waals surface area contributed by atoms with Gasteiger partial charge in [0.05, 0.1) is 6.20 Å². The third-order valence-corrected chi connectivity index (χ3v) is 2.04. The van der Waals surface area contributed by atoms with Gasteiger partial charge in [-0.1, -0.05) is 0 Å². The zero-order valence-corrected chi connectivity index (χ0v) is 6.82. The van der Waals surface area contributed by atoms with E-state index in [9.17, 15) is 0 Å². The molecule has 0 amide bonds. The summed E-state index contributed by atoms with van der Waals surface area (Å²) < 4.78 is 10.7. The summed E-state index contributed by atoms with van der Waals surface area (Å²) in [5.74, 6) is 0.757. The molecule has 12 heavy (non-hydrogen) atoms.